The molecular formula is C29H36Cl2N4O4. The van der Waals surface area contributed by atoms with E-state index in [1.165, 1.54) is 10.6 Å². The number of carbonyl (C=O) groups excluding carboxylic acids is 1. The lowest BCUT2D eigenvalue weighted by atomic mass is 10.1. The number of fused-ring (bicyclic) bond motifs is 1. The SMILES string of the molecule is CNC(C)(C)C(=O)OCn1c(=O)ccc2ccc(OCCCCN3CCN(c4cccc(Cl)c4Cl)CC3)cc21. The van der Waals surface area contributed by atoms with Gasteiger partial charge in [0.1, 0.15) is 11.3 Å². The van der Waals surface area contributed by atoms with Crippen molar-refractivity contribution >= 4 is 45.8 Å². The van der Waals surface area contributed by atoms with Crippen LogP contribution in [0.5, 0.6) is 5.75 Å². The minimum absolute atomic E-state index is 0.166. The van der Waals surface area contributed by atoms with Gasteiger partial charge in [-0.2, -0.15) is 0 Å². The molecule has 8 nitrogen and oxygen atoms in total. The van der Waals surface area contributed by atoms with E-state index in [0.29, 0.717) is 27.9 Å². The number of ether oxygens (including phenoxy) is 2. The number of hydrogen-bond donors (Lipinski definition) is 1. The lowest BCUT2D eigenvalue weighted by molar-refractivity contribution is -0.153. The Kier molecular flexibility index (Phi) is 9.77. The number of rotatable bonds is 11. The number of piperazine rings is 1. The molecule has 4 rings (SSSR count). The molecule has 10 heteroatoms. The van der Waals surface area contributed by atoms with Crippen LogP contribution in [0.1, 0.15) is 26.7 Å². The molecule has 0 atom stereocenters. The number of nitrogens with one attached hydrogen (secondary N) is 1. The summed E-state index contributed by atoms with van der Waals surface area (Å²) < 4.78 is 12.9. The van der Waals surface area contributed by atoms with Gasteiger partial charge in [-0.05, 0) is 76.0 Å². The van der Waals surface area contributed by atoms with Gasteiger partial charge in [0.25, 0.3) is 5.56 Å². The average molecular weight is 576 g/mol. The number of hydrogen-bond acceptors (Lipinski definition) is 7. The third-order valence-electron chi connectivity index (χ3n) is 7.21. The summed E-state index contributed by atoms with van der Waals surface area (Å²) in [4.78, 5) is 29.7. The Morgan fingerprint density at radius 3 is 2.51 bits per heavy atom. The summed E-state index contributed by atoms with van der Waals surface area (Å²) in [6.45, 7) is 8.64. The first-order valence-corrected chi connectivity index (χ1v) is 14.0. The molecule has 0 unspecified atom stereocenters. The van der Waals surface area contributed by atoms with Crippen LogP contribution in [0.3, 0.4) is 0 Å². The molecule has 210 valence electrons. The van der Waals surface area contributed by atoms with Gasteiger partial charge in [-0.15, -0.1) is 0 Å². The van der Waals surface area contributed by atoms with Crippen molar-refractivity contribution < 1.29 is 14.3 Å². The summed E-state index contributed by atoms with van der Waals surface area (Å²) in [5.41, 5.74) is 0.568. The lowest BCUT2D eigenvalue weighted by Gasteiger charge is -2.36. The summed E-state index contributed by atoms with van der Waals surface area (Å²) in [5.74, 6) is 0.242. The van der Waals surface area contributed by atoms with E-state index in [1.54, 1.807) is 27.0 Å². The van der Waals surface area contributed by atoms with Gasteiger partial charge in [-0.3, -0.25) is 19.1 Å². The Bertz CT molecular complexity index is 1350. The van der Waals surface area contributed by atoms with Crippen LogP contribution in [0.25, 0.3) is 10.9 Å². The molecular weight excluding hydrogens is 539 g/mol. The minimum atomic E-state index is -0.847. The molecule has 2 aromatic carbocycles. The van der Waals surface area contributed by atoms with Crippen molar-refractivity contribution in [2.75, 3.05) is 51.3 Å². The predicted molar refractivity (Wildman–Crippen MR) is 157 cm³/mol. The van der Waals surface area contributed by atoms with E-state index >= 15 is 0 Å². The second kappa shape index (κ2) is 13.0. The van der Waals surface area contributed by atoms with Crippen LogP contribution in [0.2, 0.25) is 10.0 Å². The molecule has 0 aliphatic carbocycles. The normalized spacial score (nSPS) is 14.5. The van der Waals surface area contributed by atoms with Gasteiger partial charge >= 0.3 is 5.97 Å². The second-order valence-electron chi connectivity index (χ2n) is 10.2. The van der Waals surface area contributed by atoms with Crippen LogP contribution in [-0.4, -0.2) is 67.4 Å². The third kappa shape index (κ3) is 7.25. The highest BCUT2D eigenvalue weighted by Crippen LogP contribution is 2.33. The fourth-order valence-corrected chi connectivity index (χ4v) is 4.89. The molecule has 0 radical (unpaired) electrons. The number of anilines is 1. The van der Waals surface area contributed by atoms with Crippen LogP contribution in [-0.2, 0) is 16.3 Å². The molecule has 1 aliphatic heterocycles. The Morgan fingerprint density at radius 2 is 1.77 bits per heavy atom. The van der Waals surface area contributed by atoms with Crippen molar-refractivity contribution in [2.45, 2.75) is 39.0 Å². The van der Waals surface area contributed by atoms with Crippen LogP contribution in [0, 0.1) is 0 Å². The highest BCUT2D eigenvalue weighted by molar-refractivity contribution is 6.43. The highest BCUT2D eigenvalue weighted by Gasteiger charge is 2.27. The van der Waals surface area contributed by atoms with E-state index in [9.17, 15) is 9.59 Å². The topological polar surface area (TPSA) is 76.0 Å². The van der Waals surface area contributed by atoms with Crippen LogP contribution < -0.4 is 20.5 Å². The monoisotopic (exact) mass is 574 g/mol. The number of carbonyl (C=O) groups is 1. The number of halogens is 2. The van der Waals surface area contributed by atoms with E-state index in [1.807, 2.05) is 36.4 Å². The minimum Gasteiger partial charge on any atom is -0.494 e. The predicted octanol–water partition coefficient (Wildman–Crippen LogP) is 4.79. The van der Waals surface area contributed by atoms with Gasteiger partial charge in [-0.25, -0.2) is 0 Å². The maximum absolute atomic E-state index is 12.6. The van der Waals surface area contributed by atoms with E-state index in [4.69, 9.17) is 32.7 Å². The van der Waals surface area contributed by atoms with Crippen molar-refractivity contribution in [1.29, 1.82) is 0 Å². The zero-order valence-electron chi connectivity index (χ0n) is 22.7. The Hall–Kier alpha value is -2.78. The Labute approximate surface area is 239 Å². The van der Waals surface area contributed by atoms with E-state index in [0.717, 1.165) is 56.6 Å². The van der Waals surface area contributed by atoms with Crippen molar-refractivity contribution in [1.82, 2.24) is 14.8 Å². The highest BCUT2D eigenvalue weighted by atomic mass is 35.5. The quantitative estimate of drug-likeness (QED) is 0.260. The van der Waals surface area contributed by atoms with Gasteiger partial charge in [0.15, 0.2) is 6.73 Å². The van der Waals surface area contributed by atoms with Crippen LogP contribution in [0.15, 0.2) is 53.3 Å². The average Bonchev–Trinajstić information content (AvgIpc) is 2.94. The third-order valence-corrected chi connectivity index (χ3v) is 8.01. The van der Waals surface area contributed by atoms with Gasteiger partial charge < -0.3 is 19.7 Å². The number of unbranched alkanes of at least 4 members (excludes halogenated alkanes) is 1. The molecule has 0 bridgehead atoms. The maximum atomic E-state index is 12.6. The first-order valence-electron chi connectivity index (χ1n) is 13.2. The fourth-order valence-electron chi connectivity index (χ4n) is 4.47. The standard InChI is InChI=1S/C29H36Cl2N4O4/c1-29(2,32-3)28(37)39-20-35-25-19-22(11-9-21(25)10-12-26(35)36)38-18-5-4-13-33-14-16-34(17-15-33)24-8-6-7-23(30)27(24)31/h6-12,19,32H,4-5,13-18,20H2,1-3H3. The molecule has 3 aromatic rings. The number of pyridine rings is 1. The molecule has 1 N–H and O–H groups in total. The molecule has 0 saturated carbocycles. The summed E-state index contributed by atoms with van der Waals surface area (Å²) in [6.07, 6.45) is 1.93. The molecule has 2 heterocycles. The number of nitrogens with zero attached hydrogens (tertiary/aromatic N) is 3. The van der Waals surface area contributed by atoms with E-state index in [-0.39, 0.29) is 12.3 Å². The Balaban J connectivity index is 1.25. The molecule has 0 amide bonds. The summed E-state index contributed by atoms with van der Waals surface area (Å²) in [7, 11) is 1.69. The van der Waals surface area contributed by atoms with Crippen molar-refractivity contribution in [3.8, 4) is 5.75 Å². The zero-order chi connectivity index (χ0) is 28.0. The van der Waals surface area contributed by atoms with E-state index < -0.39 is 11.5 Å². The van der Waals surface area contributed by atoms with E-state index in [2.05, 4.69) is 15.1 Å². The first-order chi connectivity index (χ1) is 18.7. The van der Waals surface area contributed by atoms with Crippen LogP contribution in [0.4, 0.5) is 5.69 Å². The van der Waals surface area contributed by atoms with Gasteiger partial charge in [0.2, 0.25) is 0 Å². The van der Waals surface area contributed by atoms with Crippen molar-refractivity contribution in [2.24, 2.45) is 0 Å². The lowest BCUT2D eigenvalue weighted by Crippen LogP contribution is -2.46. The van der Waals surface area contributed by atoms with Crippen molar-refractivity contribution in [3.63, 3.8) is 0 Å². The first kappa shape index (κ1) is 29.2. The number of esters is 1. The van der Waals surface area contributed by atoms with Gasteiger partial charge in [0.05, 0.1) is 27.9 Å². The summed E-state index contributed by atoms with van der Waals surface area (Å²) in [6, 6.07) is 14.6. The molecule has 0 spiro atoms. The summed E-state index contributed by atoms with van der Waals surface area (Å²) in [5, 5.41) is 4.98. The molecule has 1 aliphatic rings. The van der Waals surface area contributed by atoms with Gasteiger partial charge in [0, 0.05) is 38.3 Å². The fraction of sp³-hybridized carbons (Fsp3) is 0.448. The van der Waals surface area contributed by atoms with Gasteiger partial charge in [-0.1, -0.05) is 29.3 Å². The largest absolute Gasteiger partial charge is 0.494 e. The Morgan fingerprint density at radius 1 is 1.03 bits per heavy atom. The number of benzene rings is 2. The zero-order valence-corrected chi connectivity index (χ0v) is 24.2. The van der Waals surface area contributed by atoms with Crippen molar-refractivity contribution in [3.05, 3.63) is 68.9 Å². The molecule has 1 saturated heterocycles. The second-order valence-corrected chi connectivity index (χ2v) is 11.0. The number of aromatic nitrogens is 1. The maximum Gasteiger partial charge on any atom is 0.327 e. The smallest absolute Gasteiger partial charge is 0.327 e. The molecule has 1 aromatic heterocycles. The van der Waals surface area contributed by atoms with Crippen LogP contribution >= 0.6 is 23.2 Å². The molecule has 1 fully saturated rings. The number of likely N-dealkylation sites (N-methyl/N-ethyl adjacent to an activating group) is 1. The molecule has 39 heavy (non-hydrogen) atoms. The summed E-state index contributed by atoms with van der Waals surface area (Å²) >= 11 is 12.6.